The number of carbonyl (C=O) groups excluding carboxylic acids is 3. The van der Waals surface area contributed by atoms with Crippen molar-refractivity contribution >= 4 is 33.8 Å². The molecule has 25 heavy (non-hydrogen) atoms. The number of urea groups is 1. The van der Waals surface area contributed by atoms with Gasteiger partial charge in [0.05, 0.1) is 0 Å². The number of nitrogens with one attached hydrogen (secondary N) is 2. The number of imide groups is 1. The summed E-state index contributed by atoms with van der Waals surface area (Å²) in [5, 5.41) is 14.6. The van der Waals surface area contributed by atoms with Crippen LogP contribution in [-0.4, -0.2) is 35.7 Å². The molecule has 0 bridgehead atoms. The van der Waals surface area contributed by atoms with Crippen LogP contribution in [0.3, 0.4) is 0 Å². The summed E-state index contributed by atoms with van der Waals surface area (Å²) < 4.78 is 5.41. The molecule has 8 heteroatoms. The van der Waals surface area contributed by atoms with Crippen LogP contribution in [0.4, 0.5) is 4.79 Å². The van der Waals surface area contributed by atoms with Gasteiger partial charge in [-0.15, -0.1) is 0 Å². The first-order chi connectivity index (χ1) is 11.9. The average molecular weight is 413 g/mol. The van der Waals surface area contributed by atoms with E-state index in [1.807, 2.05) is 0 Å². The van der Waals surface area contributed by atoms with Gasteiger partial charge in [-0.25, -0.2) is 9.59 Å². The summed E-state index contributed by atoms with van der Waals surface area (Å²) in [6.07, 6.45) is 4.14. The Hall–Kier alpha value is -2.09. The maximum absolute atomic E-state index is 11.9. The molecule has 0 aromatic heterocycles. The summed E-state index contributed by atoms with van der Waals surface area (Å²) in [5.74, 6) is -1.47. The normalized spacial score (nSPS) is 19.8. The van der Waals surface area contributed by atoms with Gasteiger partial charge < -0.3 is 15.2 Å². The molecule has 2 atom stereocenters. The van der Waals surface area contributed by atoms with E-state index < -0.39 is 24.5 Å². The van der Waals surface area contributed by atoms with Gasteiger partial charge in [0, 0.05) is 10.5 Å². The third kappa shape index (κ3) is 5.74. The lowest BCUT2D eigenvalue weighted by Gasteiger charge is -2.29. The SMILES string of the molecule is C[C@H]1CCCC[C@@H]1NC(=O)NC(=O)COC(=O)c1cc(Br)ccc1O. The third-order valence-electron chi connectivity index (χ3n) is 4.19. The molecular weight excluding hydrogens is 392 g/mol. The summed E-state index contributed by atoms with van der Waals surface area (Å²) >= 11 is 3.18. The van der Waals surface area contributed by atoms with Crippen molar-refractivity contribution in [3.8, 4) is 5.75 Å². The molecule has 1 aromatic carbocycles. The van der Waals surface area contributed by atoms with Crippen molar-refractivity contribution in [3.05, 3.63) is 28.2 Å². The molecule has 2 rings (SSSR count). The van der Waals surface area contributed by atoms with Crippen LogP contribution in [0.25, 0.3) is 0 Å². The van der Waals surface area contributed by atoms with Gasteiger partial charge in [-0.1, -0.05) is 35.7 Å². The molecule has 0 spiro atoms. The number of esters is 1. The third-order valence-corrected chi connectivity index (χ3v) is 4.69. The number of carbonyl (C=O) groups is 3. The van der Waals surface area contributed by atoms with Crippen molar-refractivity contribution in [2.75, 3.05) is 6.61 Å². The quantitative estimate of drug-likeness (QED) is 0.659. The van der Waals surface area contributed by atoms with Gasteiger partial charge >= 0.3 is 12.0 Å². The standard InChI is InChI=1S/C17H21BrN2O5/c1-10-4-2-3-5-13(10)19-17(24)20-15(22)9-25-16(23)12-8-11(18)6-7-14(12)21/h6-8,10,13,21H,2-5,9H2,1H3,(H2,19,20,22,24)/t10-,13-/m0/s1. The molecule has 0 saturated heterocycles. The van der Waals surface area contributed by atoms with Crippen LogP contribution in [0.15, 0.2) is 22.7 Å². The molecule has 0 radical (unpaired) electrons. The number of ether oxygens (including phenoxy) is 1. The highest BCUT2D eigenvalue weighted by Gasteiger charge is 2.23. The van der Waals surface area contributed by atoms with Gasteiger partial charge in [-0.05, 0) is 37.0 Å². The van der Waals surface area contributed by atoms with Crippen molar-refractivity contribution in [2.45, 2.75) is 38.6 Å². The number of phenolic OH excluding ortho intramolecular Hbond substituents is 1. The monoisotopic (exact) mass is 412 g/mol. The number of hydrogen-bond acceptors (Lipinski definition) is 5. The number of hydrogen-bond donors (Lipinski definition) is 3. The molecule has 0 heterocycles. The van der Waals surface area contributed by atoms with Gasteiger partial charge in [0.2, 0.25) is 0 Å². The molecule has 1 aliphatic rings. The van der Waals surface area contributed by atoms with E-state index in [0.717, 1.165) is 25.7 Å². The predicted molar refractivity (Wildman–Crippen MR) is 94.2 cm³/mol. The van der Waals surface area contributed by atoms with Crippen LogP contribution in [0.2, 0.25) is 0 Å². The number of phenols is 1. The molecule has 1 fully saturated rings. The fraction of sp³-hybridized carbons (Fsp3) is 0.471. The van der Waals surface area contributed by atoms with Crippen molar-refractivity contribution in [3.63, 3.8) is 0 Å². The van der Waals surface area contributed by atoms with Crippen molar-refractivity contribution < 1.29 is 24.2 Å². The maximum Gasteiger partial charge on any atom is 0.342 e. The second-order valence-corrected chi connectivity index (χ2v) is 7.04. The fourth-order valence-electron chi connectivity index (χ4n) is 2.78. The Morgan fingerprint density at radius 3 is 2.72 bits per heavy atom. The molecule has 136 valence electrons. The van der Waals surface area contributed by atoms with E-state index in [1.165, 1.54) is 12.1 Å². The number of amides is 3. The summed E-state index contributed by atoms with van der Waals surface area (Å²) in [6, 6.07) is 3.73. The fourth-order valence-corrected chi connectivity index (χ4v) is 3.14. The first kappa shape index (κ1) is 19.2. The Bertz CT molecular complexity index is 664. The van der Waals surface area contributed by atoms with Crippen molar-refractivity contribution in [2.24, 2.45) is 5.92 Å². The molecule has 0 unspecified atom stereocenters. The molecule has 1 aromatic rings. The molecule has 7 nitrogen and oxygen atoms in total. The Balaban J connectivity index is 1.79. The van der Waals surface area contributed by atoms with Gasteiger partial charge in [0.1, 0.15) is 11.3 Å². The lowest BCUT2D eigenvalue weighted by atomic mass is 9.86. The minimum Gasteiger partial charge on any atom is -0.507 e. The summed E-state index contributed by atoms with van der Waals surface area (Å²) in [4.78, 5) is 35.5. The average Bonchev–Trinajstić information content (AvgIpc) is 2.57. The minimum atomic E-state index is -0.852. The first-order valence-corrected chi connectivity index (χ1v) is 8.92. The van der Waals surface area contributed by atoms with Crippen LogP contribution in [0.1, 0.15) is 43.0 Å². The maximum atomic E-state index is 11.9. The van der Waals surface area contributed by atoms with Crippen LogP contribution in [0.5, 0.6) is 5.75 Å². The number of benzene rings is 1. The summed E-state index contributed by atoms with van der Waals surface area (Å²) in [6.45, 7) is 1.45. The van der Waals surface area contributed by atoms with E-state index in [9.17, 15) is 19.5 Å². The van der Waals surface area contributed by atoms with E-state index in [2.05, 4.69) is 33.5 Å². The van der Waals surface area contributed by atoms with E-state index in [1.54, 1.807) is 6.07 Å². The second-order valence-electron chi connectivity index (χ2n) is 6.13. The highest BCUT2D eigenvalue weighted by atomic mass is 79.9. The zero-order valence-corrected chi connectivity index (χ0v) is 15.5. The Kier molecular flexibility index (Phi) is 6.81. The molecule has 1 aliphatic carbocycles. The molecule has 3 N–H and O–H groups in total. The number of rotatable bonds is 4. The number of halogens is 1. The van der Waals surface area contributed by atoms with E-state index in [0.29, 0.717) is 10.4 Å². The first-order valence-electron chi connectivity index (χ1n) is 8.13. The van der Waals surface area contributed by atoms with Gasteiger partial charge in [0.15, 0.2) is 6.61 Å². The lowest BCUT2D eigenvalue weighted by Crippen LogP contribution is -2.48. The van der Waals surface area contributed by atoms with Crippen LogP contribution >= 0.6 is 15.9 Å². The van der Waals surface area contributed by atoms with Crippen LogP contribution in [0, 0.1) is 5.92 Å². The van der Waals surface area contributed by atoms with Crippen LogP contribution < -0.4 is 10.6 Å². The molecule has 0 aliphatic heterocycles. The second kappa shape index (κ2) is 8.84. The van der Waals surface area contributed by atoms with E-state index >= 15 is 0 Å². The summed E-state index contributed by atoms with van der Waals surface area (Å²) in [7, 11) is 0. The minimum absolute atomic E-state index is 0.0442. The zero-order chi connectivity index (χ0) is 18.4. The van der Waals surface area contributed by atoms with Crippen molar-refractivity contribution in [1.29, 1.82) is 0 Å². The molecule has 3 amide bonds. The van der Waals surface area contributed by atoms with Gasteiger partial charge in [-0.2, -0.15) is 0 Å². The Labute approximate surface area is 154 Å². The van der Waals surface area contributed by atoms with Gasteiger partial charge in [0.25, 0.3) is 5.91 Å². The number of aromatic hydroxyl groups is 1. The smallest absolute Gasteiger partial charge is 0.342 e. The Morgan fingerprint density at radius 1 is 1.28 bits per heavy atom. The molecular formula is C17H21BrN2O5. The largest absolute Gasteiger partial charge is 0.507 e. The van der Waals surface area contributed by atoms with Gasteiger partial charge in [-0.3, -0.25) is 10.1 Å². The van der Waals surface area contributed by atoms with E-state index in [4.69, 9.17) is 4.74 Å². The van der Waals surface area contributed by atoms with Crippen LogP contribution in [-0.2, 0) is 9.53 Å². The summed E-state index contributed by atoms with van der Waals surface area (Å²) in [5.41, 5.74) is -0.0670. The lowest BCUT2D eigenvalue weighted by molar-refractivity contribution is -0.123. The zero-order valence-electron chi connectivity index (χ0n) is 13.9. The highest BCUT2D eigenvalue weighted by molar-refractivity contribution is 9.10. The molecule has 1 saturated carbocycles. The highest BCUT2D eigenvalue weighted by Crippen LogP contribution is 2.24. The predicted octanol–water partition coefficient (Wildman–Crippen LogP) is 2.72. The van der Waals surface area contributed by atoms with Crippen molar-refractivity contribution in [1.82, 2.24) is 10.6 Å². The van der Waals surface area contributed by atoms with E-state index in [-0.39, 0.29) is 17.4 Å². The Morgan fingerprint density at radius 2 is 2.00 bits per heavy atom. The topological polar surface area (TPSA) is 105 Å².